The fourth-order valence-electron chi connectivity index (χ4n) is 3.58. The molecule has 140 valence electrons. The highest BCUT2D eigenvalue weighted by molar-refractivity contribution is 5.89. The van der Waals surface area contributed by atoms with Crippen LogP contribution < -0.4 is 4.74 Å². The molecule has 1 aromatic carbocycles. The van der Waals surface area contributed by atoms with E-state index in [1.807, 2.05) is 26.8 Å². The van der Waals surface area contributed by atoms with Gasteiger partial charge in [-0.25, -0.2) is 9.78 Å². The van der Waals surface area contributed by atoms with E-state index in [0.29, 0.717) is 16.8 Å². The molecule has 0 saturated carbocycles. The second-order valence-electron chi connectivity index (χ2n) is 7.78. The lowest BCUT2D eigenvalue weighted by Gasteiger charge is -2.19. The van der Waals surface area contributed by atoms with E-state index < -0.39 is 11.7 Å². The van der Waals surface area contributed by atoms with Crippen LogP contribution in [-0.4, -0.2) is 33.6 Å². The molecule has 27 heavy (non-hydrogen) atoms. The molecule has 0 amide bonds. The van der Waals surface area contributed by atoms with Crippen LogP contribution >= 0.6 is 0 Å². The molecule has 1 aliphatic rings. The van der Waals surface area contributed by atoms with Gasteiger partial charge in [-0.1, -0.05) is 18.2 Å². The summed E-state index contributed by atoms with van der Waals surface area (Å²) in [6.07, 6.45) is 4.36. The molecule has 0 fully saturated rings. The van der Waals surface area contributed by atoms with E-state index in [1.54, 1.807) is 13.3 Å². The molecule has 4 rings (SSSR count). The van der Waals surface area contributed by atoms with Crippen molar-refractivity contribution in [2.45, 2.75) is 45.6 Å². The summed E-state index contributed by atoms with van der Waals surface area (Å²) in [7, 11) is 1.61. The van der Waals surface area contributed by atoms with Crippen LogP contribution in [0.25, 0.3) is 22.3 Å². The number of fused-ring (bicyclic) bond motifs is 2. The summed E-state index contributed by atoms with van der Waals surface area (Å²) in [5.74, 6) is 0.619. The van der Waals surface area contributed by atoms with Gasteiger partial charge in [-0.05, 0) is 51.2 Å². The molecule has 6 nitrogen and oxygen atoms in total. The van der Waals surface area contributed by atoms with Gasteiger partial charge >= 0.3 is 6.09 Å². The second-order valence-corrected chi connectivity index (χ2v) is 7.78. The van der Waals surface area contributed by atoms with Crippen molar-refractivity contribution in [3.05, 3.63) is 41.6 Å². The van der Waals surface area contributed by atoms with Gasteiger partial charge in [0.2, 0.25) is 0 Å². The molecule has 0 unspecified atom stereocenters. The number of carbonyl (C=O) groups excluding carboxylic acids is 1. The predicted octanol–water partition coefficient (Wildman–Crippen LogP) is 4.38. The zero-order valence-corrected chi connectivity index (χ0v) is 16.1. The van der Waals surface area contributed by atoms with Crippen LogP contribution in [0.3, 0.4) is 0 Å². The maximum atomic E-state index is 12.5. The third-order valence-corrected chi connectivity index (χ3v) is 4.71. The molecule has 6 heteroatoms. The van der Waals surface area contributed by atoms with Crippen molar-refractivity contribution in [1.82, 2.24) is 14.8 Å². The summed E-state index contributed by atoms with van der Waals surface area (Å²) >= 11 is 0. The number of benzene rings is 1. The maximum Gasteiger partial charge on any atom is 0.435 e. The highest BCUT2D eigenvalue weighted by Gasteiger charge is 2.23. The largest absolute Gasteiger partial charge is 0.494 e. The fraction of sp³-hybridized carbons (Fsp3) is 0.381. The first-order valence-electron chi connectivity index (χ1n) is 9.14. The number of pyridine rings is 1. The molecule has 0 spiro atoms. The minimum absolute atomic E-state index is 0.533. The summed E-state index contributed by atoms with van der Waals surface area (Å²) < 4.78 is 12.3. The monoisotopic (exact) mass is 365 g/mol. The number of nitrogens with zero attached hydrogens (tertiary/aromatic N) is 3. The Morgan fingerprint density at radius 3 is 2.78 bits per heavy atom. The number of ether oxygens (including phenoxy) is 2. The topological polar surface area (TPSA) is 66.2 Å². The smallest absolute Gasteiger partial charge is 0.435 e. The number of hydrogen-bond acceptors (Lipinski definition) is 5. The van der Waals surface area contributed by atoms with Gasteiger partial charge in [0.05, 0.1) is 13.3 Å². The zero-order valence-electron chi connectivity index (χ0n) is 16.1. The van der Waals surface area contributed by atoms with Crippen molar-refractivity contribution >= 4 is 17.1 Å². The molecular formula is C21H23N3O3. The zero-order chi connectivity index (χ0) is 19.2. The highest BCUT2D eigenvalue weighted by atomic mass is 16.6. The van der Waals surface area contributed by atoms with Crippen molar-refractivity contribution in [3.63, 3.8) is 0 Å². The fourth-order valence-corrected chi connectivity index (χ4v) is 3.58. The second kappa shape index (κ2) is 6.37. The van der Waals surface area contributed by atoms with Gasteiger partial charge < -0.3 is 9.47 Å². The van der Waals surface area contributed by atoms with Crippen molar-refractivity contribution in [2.75, 3.05) is 7.11 Å². The molecule has 0 saturated heterocycles. The van der Waals surface area contributed by atoms with Gasteiger partial charge in [-0.3, -0.25) is 0 Å². The first kappa shape index (κ1) is 17.5. The Morgan fingerprint density at radius 2 is 2.04 bits per heavy atom. The SMILES string of the molecule is COc1cc2c(cnn2C(=O)OC(C)(C)C)nc1-c1cccc2c1CCC2. The van der Waals surface area contributed by atoms with Crippen molar-refractivity contribution in [2.24, 2.45) is 0 Å². The van der Waals surface area contributed by atoms with Crippen molar-refractivity contribution in [1.29, 1.82) is 0 Å². The van der Waals surface area contributed by atoms with Gasteiger partial charge in [-0.15, -0.1) is 0 Å². The standard InChI is InChI=1S/C21H23N3O3/c1-21(2,3)27-20(25)24-17-11-18(26-4)19(23-16(17)12-22-24)15-10-6-8-13-7-5-9-14(13)15/h6,8,10-12H,5,7,9H2,1-4H3. The molecule has 0 radical (unpaired) electrons. The van der Waals surface area contributed by atoms with Crippen LogP contribution in [0.4, 0.5) is 4.79 Å². The summed E-state index contributed by atoms with van der Waals surface area (Å²) in [6.45, 7) is 5.47. The Morgan fingerprint density at radius 1 is 1.22 bits per heavy atom. The van der Waals surface area contributed by atoms with Crippen LogP contribution in [0.15, 0.2) is 30.5 Å². The average molecular weight is 365 g/mol. The Kier molecular flexibility index (Phi) is 4.13. The Hall–Kier alpha value is -2.89. The summed E-state index contributed by atoms with van der Waals surface area (Å²) in [4.78, 5) is 17.2. The minimum atomic E-state index is -0.600. The van der Waals surface area contributed by atoms with E-state index >= 15 is 0 Å². The predicted molar refractivity (Wildman–Crippen MR) is 103 cm³/mol. The third kappa shape index (κ3) is 3.16. The molecule has 3 aromatic rings. The van der Waals surface area contributed by atoms with Crippen LogP contribution in [0.5, 0.6) is 5.75 Å². The van der Waals surface area contributed by atoms with E-state index in [0.717, 1.165) is 30.5 Å². The van der Waals surface area contributed by atoms with Gasteiger partial charge in [0.1, 0.15) is 28.1 Å². The lowest BCUT2D eigenvalue weighted by molar-refractivity contribution is 0.0522. The van der Waals surface area contributed by atoms with Crippen LogP contribution in [0.2, 0.25) is 0 Å². The van der Waals surface area contributed by atoms with Gasteiger partial charge in [-0.2, -0.15) is 9.78 Å². The summed E-state index contributed by atoms with van der Waals surface area (Å²) in [6, 6.07) is 8.13. The van der Waals surface area contributed by atoms with E-state index in [4.69, 9.17) is 14.5 Å². The Labute approximate surface area is 158 Å². The van der Waals surface area contributed by atoms with Gasteiger partial charge in [0, 0.05) is 11.6 Å². The summed E-state index contributed by atoms with van der Waals surface area (Å²) in [5.41, 5.74) is 5.19. The Balaban J connectivity index is 1.84. The molecule has 1 aliphatic carbocycles. The number of carbonyl (C=O) groups is 1. The third-order valence-electron chi connectivity index (χ3n) is 4.71. The van der Waals surface area contributed by atoms with Crippen LogP contribution in [0, 0.1) is 0 Å². The molecular weight excluding hydrogens is 342 g/mol. The molecule has 0 atom stereocenters. The average Bonchev–Trinajstić information content (AvgIpc) is 3.25. The number of aryl methyl sites for hydroxylation is 1. The lowest BCUT2D eigenvalue weighted by Crippen LogP contribution is -2.27. The number of aromatic nitrogens is 3. The van der Waals surface area contributed by atoms with Gasteiger partial charge in [0.25, 0.3) is 0 Å². The maximum absolute atomic E-state index is 12.5. The quantitative estimate of drug-likeness (QED) is 0.674. The lowest BCUT2D eigenvalue weighted by atomic mass is 9.99. The van der Waals surface area contributed by atoms with E-state index in [9.17, 15) is 4.79 Å². The van der Waals surface area contributed by atoms with Crippen LogP contribution in [0.1, 0.15) is 38.3 Å². The van der Waals surface area contributed by atoms with E-state index in [2.05, 4.69) is 23.3 Å². The van der Waals surface area contributed by atoms with E-state index in [-0.39, 0.29) is 0 Å². The number of hydrogen-bond donors (Lipinski definition) is 0. The Bertz CT molecular complexity index is 1030. The first-order valence-corrected chi connectivity index (χ1v) is 9.14. The normalized spacial score (nSPS) is 13.6. The van der Waals surface area contributed by atoms with Crippen molar-refractivity contribution < 1.29 is 14.3 Å². The number of methoxy groups -OCH3 is 1. The minimum Gasteiger partial charge on any atom is -0.494 e. The van der Waals surface area contributed by atoms with Crippen molar-refractivity contribution in [3.8, 4) is 17.0 Å². The van der Waals surface area contributed by atoms with Gasteiger partial charge in [0.15, 0.2) is 0 Å². The molecule has 0 N–H and O–H groups in total. The molecule has 2 heterocycles. The first-order chi connectivity index (χ1) is 12.9. The molecule has 2 aromatic heterocycles. The van der Waals surface area contributed by atoms with E-state index in [1.165, 1.54) is 15.8 Å². The number of rotatable bonds is 2. The highest BCUT2D eigenvalue weighted by Crippen LogP contribution is 2.37. The summed E-state index contributed by atoms with van der Waals surface area (Å²) in [5, 5.41) is 4.19. The molecule has 0 bridgehead atoms. The van der Waals surface area contributed by atoms with Crippen LogP contribution in [-0.2, 0) is 17.6 Å². The molecule has 0 aliphatic heterocycles.